The third-order valence-corrected chi connectivity index (χ3v) is 1.78. The summed E-state index contributed by atoms with van der Waals surface area (Å²) in [5, 5.41) is 26.8. The van der Waals surface area contributed by atoms with E-state index in [2.05, 4.69) is 0 Å². The summed E-state index contributed by atoms with van der Waals surface area (Å²) in [5.74, 6) is 0. The number of aliphatic hydroxyl groups excluding tert-OH is 3. The van der Waals surface area contributed by atoms with Gasteiger partial charge in [-0.2, -0.15) is 0 Å². The number of ether oxygens (including phenoxy) is 1. The maximum atomic E-state index is 9.09. The van der Waals surface area contributed by atoms with Gasteiger partial charge in [0.15, 0.2) is 0 Å². The molecule has 4 heteroatoms. The van der Waals surface area contributed by atoms with E-state index in [0.29, 0.717) is 0 Å². The van der Waals surface area contributed by atoms with E-state index < -0.39 is 18.3 Å². The fraction of sp³-hybridized carbons (Fsp3) is 1.00. The molecular weight excluding hydrogens is 136 g/mol. The second kappa shape index (κ2) is 2.84. The first-order valence-corrected chi connectivity index (χ1v) is 3.29. The third kappa shape index (κ3) is 1.15. The van der Waals surface area contributed by atoms with E-state index in [1.54, 1.807) is 6.92 Å². The van der Waals surface area contributed by atoms with Crippen molar-refractivity contribution in [1.82, 2.24) is 0 Å². The molecule has 1 heterocycles. The van der Waals surface area contributed by atoms with E-state index in [9.17, 15) is 0 Å². The molecule has 0 spiro atoms. The predicted molar refractivity (Wildman–Crippen MR) is 33.4 cm³/mol. The quantitative estimate of drug-likeness (QED) is 0.422. The Balaban J connectivity index is 2.53. The fourth-order valence-electron chi connectivity index (χ4n) is 1.09. The topological polar surface area (TPSA) is 69.9 Å². The first kappa shape index (κ1) is 7.94. The molecule has 0 aromatic carbocycles. The van der Waals surface area contributed by atoms with Crippen LogP contribution in [0.3, 0.4) is 0 Å². The van der Waals surface area contributed by atoms with Crippen molar-refractivity contribution >= 4 is 0 Å². The van der Waals surface area contributed by atoms with Crippen LogP contribution >= 0.6 is 0 Å². The Morgan fingerprint density at radius 2 is 1.90 bits per heavy atom. The third-order valence-electron chi connectivity index (χ3n) is 1.78. The summed E-state index contributed by atoms with van der Waals surface area (Å²) in [4.78, 5) is 0. The summed E-state index contributed by atoms with van der Waals surface area (Å²) < 4.78 is 4.98. The zero-order chi connectivity index (χ0) is 7.72. The van der Waals surface area contributed by atoms with Gasteiger partial charge in [0, 0.05) is 0 Å². The van der Waals surface area contributed by atoms with Crippen LogP contribution in [0.5, 0.6) is 0 Å². The highest BCUT2D eigenvalue weighted by Gasteiger charge is 2.39. The molecule has 1 saturated heterocycles. The van der Waals surface area contributed by atoms with Gasteiger partial charge in [-0.3, -0.25) is 0 Å². The molecule has 0 aromatic heterocycles. The molecular formula is C6H12O4. The first-order chi connectivity index (χ1) is 4.66. The number of hydrogen-bond donors (Lipinski definition) is 3. The molecule has 1 unspecified atom stereocenters. The van der Waals surface area contributed by atoms with Crippen LogP contribution in [0.25, 0.3) is 0 Å². The SMILES string of the molecule is C[C@H]1OC(CO)[C@@H](O)[C@@H]1O. The molecule has 10 heavy (non-hydrogen) atoms. The van der Waals surface area contributed by atoms with Crippen molar-refractivity contribution in [2.24, 2.45) is 0 Å². The van der Waals surface area contributed by atoms with E-state index in [0.717, 1.165) is 0 Å². The van der Waals surface area contributed by atoms with Crippen molar-refractivity contribution < 1.29 is 20.1 Å². The molecule has 60 valence electrons. The molecule has 1 aliphatic rings. The normalized spacial score (nSPS) is 48.0. The molecule has 4 nitrogen and oxygen atoms in total. The summed E-state index contributed by atoms with van der Waals surface area (Å²) in [5.41, 5.74) is 0. The van der Waals surface area contributed by atoms with Crippen molar-refractivity contribution in [1.29, 1.82) is 0 Å². The fourth-order valence-corrected chi connectivity index (χ4v) is 1.09. The monoisotopic (exact) mass is 148 g/mol. The summed E-state index contributed by atoms with van der Waals surface area (Å²) >= 11 is 0. The van der Waals surface area contributed by atoms with Gasteiger partial charge < -0.3 is 20.1 Å². The average Bonchev–Trinajstić information content (AvgIpc) is 2.17. The Labute approximate surface area is 59.1 Å². The number of hydrogen-bond acceptors (Lipinski definition) is 4. The van der Waals surface area contributed by atoms with Gasteiger partial charge in [-0.15, -0.1) is 0 Å². The molecule has 0 aromatic rings. The Kier molecular flexibility index (Phi) is 2.25. The lowest BCUT2D eigenvalue weighted by Gasteiger charge is -2.10. The van der Waals surface area contributed by atoms with Gasteiger partial charge in [0.05, 0.1) is 12.7 Å². The van der Waals surface area contributed by atoms with E-state index in [1.807, 2.05) is 0 Å². The van der Waals surface area contributed by atoms with Gasteiger partial charge in [-0.25, -0.2) is 0 Å². The molecule has 1 fully saturated rings. The van der Waals surface area contributed by atoms with Gasteiger partial charge in [-0.05, 0) is 6.92 Å². The molecule has 0 amide bonds. The molecule has 0 aliphatic carbocycles. The molecule has 3 N–H and O–H groups in total. The maximum Gasteiger partial charge on any atom is 0.111 e. The van der Waals surface area contributed by atoms with E-state index in [-0.39, 0.29) is 12.7 Å². The standard InChI is InChI=1S/C6H12O4/c1-3-5(8)6(9)4(2-7)10-3/h3-9H,2H2,1H3/t3-,4?,5-,6-/m1/s1. The van der Waals surface area contributed by atoms with Gasteiger partial charge in [-0.1, -0.05) is 0 Å². The Morgan fingerprint density at radius 3 is 2.10 bits per heavy atom. The minimum absolute atomic E-state index is 0.247. The van der Waals surface area contributed by atoms with Crippen LogP contribution in [0.4, 0.5) is 0 Å². The smallest absolute Gasteiger partial charge is 0.111 e. The first-order valence-electron chi connectivity index (χ1n) is 3.29. The van der Waals surface area contributed by atoms with Gasteiger partial charge in [0.1, 0.15) is 18.3 Å². The molecule has 1 aliphatic heterocycles. The van der Waals surface area contributed by atoms with Crippen LogP contribution in [-0.2, 0) is 4.74 Å². The van der Waals surface area contributed by atoms with Gasteiger partial charge in [0.2, 0.25) is 0 Å². The van der Waals surface area contributed by atoms with Crippen molar-refractivity contribution in [3.05, 3.63) is 0 Å². The van der Waals surface area contributed by atoms with E-state index in [4.69, 9.17) is 20.1 Å². The summed E-state index contributed by atoms with van der Waals surface area (Å²) in [6, 6.07) is 0. The van der Waals surface area contributed by atoms with Crippen LogP contribution in [-0.4, -0.2) is 46.3 Å². The average molecular weight is 148 g/mol. The Bertz CT molecular complexity index is 116. The van der Waals surface area contributed by atoms with E-state index >= 15 is 0 Å². The lowest BCUT2D eigenvalue weighted by Crippen LogP contribution is -2.33. The van der Waals surface area contributed by atoms with Crippen LogP contribution < -0.4 is 0 Å². The van der Waals surface area contributed by atoms with Crippen molar-refractivity contribution in [2.45, 2.75) is 31.3 Å². The maximum absolute atomic E-state index is 9.09. The highest BCUT2D eigenvalue weighted by atomic mass is 16.5. The molecule has 0 saturated carbocycles. The molecule has 4 atom stereocenters. The lowest BCUT2D eigenvalue weighted by atomic mass is 10.1. The summed E-state index contributed by atoms with van der Waals surface area (Å²) in [7, 11) is 0. The predicted octanol–water partition coefficient (Wildman–Crippen LogP) is -1.51. The summed E-state index contributed by atoms with van der Waals surface area (Å²) in [6.07, 6.45) is -2.81. The number of rotatable bonds is 1. The number of aliphatic hydroxyl groups is 3. The largest absolute Gasteiger partial charge is 0.394 e. The second-order valence-electron chi connectivity index (χ2n) is 2.54. The lowest BCUT2D eigenvalue weighted by molar-refractivity contribution is -0.0171. The molecule has 0 radical (unpaired) electrons. The highest BCUT2D eigenvalue weighted by Crippen LogP contribution is 2.19. The molecule has 1 rings (SSSR count). The molecule has 0 bridgehead atoms. The van der Waals surface area contributed by atoms with Crippen LogP contribution in [0.15, 0.2) is 0 Å². The second-order valence-corrected chi connectivity index (χ2v) is 2.54. The Morgan fingerprint density at radius 1 is 1.30 bits per heavy atom. The van der Waals surface area contributed by atoms with Crippen molar-refractivity contribution in [3.63, 3.8) is 0 Å². The Hall–Kier alpha value is -0.160. The van der Waals surface area contributed by atoms with Gasteiger partial charge in [0.25, 0.3) is 0 Å². The zero-order valence-corrected chi connectivity index (χ0v) is 5.77. The van der Waals surface area contributed by atoms with Crippen LogP contribution in [0, 0.1) is 0 Å². The van der Waals surface area contributed by atoms with Crippen molar-refractivity contribution in [3.8, 4) is 0 Å². The van der Waals surface area contributed by atoms with E-state index in [1.165, 1.54) is 0 Å². The van der Waals surface area contributed by atoms with Crippen molar-refractivity contribution in [2.75, 3.05) is 6.61 Å². The minimum atomic E-state index is -0.944. The van der Waals surface area contributed by atoms with Gasteiger partial charge >= 0.3 is 0 Å². The highest BCUT2D eigenvalue weighted by molar-refractivity contribution is 4.87. The summed E-state index contributed by atoms with van der Waals surface area (Å²) in [6.45, 7) is 1.41. The zero-order valence-electron chi connectivity index (χ0n) is 5.77. The van der Waals surface area contributed by atoms with Crippen LogP contribution in [0.2, 0.25) is 0 Å². The van der Waals surface area contributed by atoms with Crippen LogP contribution in [0.1, 0.15) is 6.92 Å². The minimum Gasteiger partial charge on any atom is -0.394 e.